The summed E-state index contributed by atoms with van der Waals surface area (Å²) >= 11 is 0. The molecule has 6 atom stereocenters. The number of carbonyl (C=O) groups excluding carboxylic acids is 5. The summed E-state index contributed by atoms with van der Waals surface area (Å²) in [6.45, 7) is -0.451. The molecule has 2 fully saturated rings. The number of hydrogen-bond donors (Lipinski definition) is 2. The van der Waals surface area contributed by atoms with Gasteiger partial charge in [0.25, 0.3) is 0 Å². The van der Waals surface area contributed by atoms with Crippen LogP contribution in [-0.4, -0.2) is 60.2 Å². The first-order chi connectivity index (χ1) is 18.9. The summed E-state index contributed by atoms with van der Waals surface area (Å²) in [5.74, 6) is -3.17. The minimum absolute atomic E-state index is 0.0426. The smallest absolute Gasteiger partial charge is 0.328 e. The van der Waals surface area contributed by atoms with Crippen LogP contribution in [0, 0.1) is 23.7 Å². The average molecular weight is 530 g/mol. The van der Waals surface area contributed by atoms with Gasteiger partial charge in [-0.1, -0.05) is 72.8 Å². The van der Waals surface area contributed by atoms with E-state index < -0.39 is 48.2 Å². The van der Waals surface area contributed by atoms with E-state index in [1.165, 1.54) is 7.11 Å². The summed E-state index contributed by atoms with van der Waals surface area (Å²) in [6, 6.07) is 16.3. The largest absolute Gasteiger partial charge is 0.467 e. The Morgan fingerprint density at radius 3 is 1.85 bits per heavy atom. The van der Waals surface area contributed by atoms with Crippen LogP contribution in [0.15, 0.2) is 72.8 Å². The van der Waals surface area contributed by atoms with E-state index in [0.717, 1.165) is 22.4 Å². The standard InChI is InChI=1S/C30H31N3O6/c1-39-30(38)23(15-19-10-6-3-7-11-19)32-27(35)22(14-18-8-4-2-5-9-18)31-24(34)17-33-28(36)25-20-12-13-21(16-20)26(25)29(33)37/h2-13,20-23,25-26H,14-17H2,1H3,(H,31,34)(H,32,35)/t20?,21?,22-,23-,25-,26+/m0/s1. The lowest BCUT2D eigenvalue weighted by molar-refractivity contribution is -0.146. The Bertz CT molecular complexity index is 1260. The van der Waals surface area contributed by atoms with Crippen LogP contribution in [0.1, 0.15) is 17.5 Å². The van der Waals surface area contributed by atoms with Gasteiger partial charge in [0.2, 0.25) is 23.6 Å². The second kappa shape index (κ2) is 11.2. The lowest BCUT2D eigenvalue weighted by Gasteiger charge is -2.24. The van der Waals surface area contributed by atoms with Crippen molar-refractivity contribution >= 4 is 29.6 Å². The number of ether oxygens (including phenoxy) is 1. The molecule has 2 aromatic rings. The van der Waals surface area contributed by atoms with Crippen LogP contribution < -0.4 is 10.6 Å². The molecule has 1 heterocycles. The molecule has 9 heteroatoms. The highest BCUT2D eigenvalue weighted by Gasteiger charge is 2.59. The van der Waals surface area contributed by atoms with Gasteiger partial charge in [-0.2, -0.15) is 0 Å². The zero-order valence-corrected chi connectivity index (χ0v) is 21.6. The SMILES string of the molecule is COC(=O)[C@H](Cc1ccccc1)NC(=O)[C@H](Cc1ccccc1)NC(=O)CN1C(=O)[C@@H]2C3C=CC(C3)[C@@H]2C1=O. The van der Waals surface area contributed by atoms with Crippen molar-refractivity contribution in [3.05, 3.63) is 83.9 Å². The molecule has 202 valence electrons. The molecule has 5 rings (SSSR count). The van der Waals surface area contributed by atoms with E-state index in [9.17, 15) is 24.0 Å². The third kappa shape index (κ3) is 5.48. The molecule has 1 saturated heterocycles. The van der Waals surface area contributed by atoms with Crippen molar-refractivity contribution in [3.63, 3.8) is 0 Å². The second-order valence-electron chi connectivity index (χ2n) is 10.3. The first kappa shape index (κ1) is 26.3. The van der Waals surface area contributed by atoms with Crippen LogP contribution in [-0.2, 0) is 41.6 Å². The Balaban J connectivity index is 1.29. The van der Waals surface area contributed by atoms with Crippen LogP contribution in [0.4, 0.5) is 0 Å². The van der Waals surface area contributed by atoms with Gasteiger partial charge < -0.3 is 15.4 Å². The lowest BCUT2D eigenvalue weighted by atomic mass is 9.85. The lowest BCUT2D eigenvalue weighted by Crippen LogP contribution is -2.55. The molecule has 0 aromatic heterocycles. The number of likely N-dealkylation sites (tertiary alicyclic amines) is 1. The summed E-state index contributed by atoms with van der Waals surface area (Å²) in [7, 11) is 1.25. The fourth-order valence-electron chi connectivity index (χ4n) is 6.02. The Hall–Kier alpha value is -4.27. The number of benzene rings is 2. The molecule has 1 aliphatic heterocycles. The maximum Gasteiger partial charge on any atom is 0.328 e. The Morgan fingerprint density at radius 2 is 1.33 bits per heavy atom. The highest BCUT2D eigenvalue weighted by molar-refractivity contribution is 6.08. The number of esters is 1. The molecular weight excluding hydrogens is 498 g/mol. The van der Waals surface area contributed by atoms with Gasteiger partial charge in [-0.3, -0.25) is 24.1 Å². The molecular formula is C30H31N3O6. The summed E-state index contributed by atoms with van der Waals surface area (Å²) in [5.41, 5.74) is 1.62. The number of rotatable bonds is 10. The number of nitrogens with zero attached hydrogens (tertiary/aromatic N) is 1. The van der Waals surface area contributed by atoms with Crippen molar-refractivity contribution < 1.29 is 28.7 Å². The third-order valence-electron chi connectivity index (χ3n) is 7.88. The van der Waals surface area contributed by atoms with Crippen LogP contribution >= 0.6 is 0 Å². The number of amides is 4. The molecule has 1 saturated carbocycles. The summed E-state index contributed by atoms with van der Waals surface area (Å²) in [4.78, 5) is 66.1. The summed E-state index contributed by atoms with van der Waals surface area (Å²) in [6.07, 6.45) is 5.15. The molecule has 0 spiro atoms. The van der Waals surface area contributed by atoms with Crippen LogP contribution in [0.3, 0.4) is 0 Å². The molecule has 2 N–H and O–H groups in total. The molecule has 2 unspecified atom stereocenters. The topological polar surface area (TPSA) is 122 Å². The van der Waals surface area contributed by atoms with Crippen molar-refractivity contribution in [1.29, 1.82) is 0 Å². The Morgan fingerprint density at radius 1 is 0.821 bits per heavy atom. The Labute approximate surface area is 226 Å². The Kier molecular flexibility index (Phi) is 7.58. The second-order valence-corrected chi connectivity index (χ2v) is 10.3. The minimum Gasteiger partial charge on any atom is -0.467 e. The average Bonchev–Trinajstić information content (AvgIpc) is 3.63. The number of imide groups is 1. The van der Waals surface area contributed by atoms with Crippen molar-refractivity contribution in [3.8, 4) is 0 Å². The molecule has 2 aromatic carbocycles. The van der Waals surface area contributed by atoms with Crippen molar-refractivity contribution in [2.45, 2.75) is 31.3 Å². The number of nitrogens with one attached hydrogen (secondary N) is 2. The predicted molar refractivity (Wildman–Crippen MR) is 141 cm³/mol. The van der Waals surface area contributed by atoms with E-state index >= 15 is 0 Å². The first-order valence-electron chi connectivity index (χ1n) is 13.1. The van der Waals surface area contributed by atoms with E-state index in [-0.39, 0.29) is 36.5 Å². The van der Waals surface area contributed by atoms with E-state index in [1.54, 1.807) is 0 Å². The number of allylic oxidation sites excluding steroid dienone is 2. The van der Waals surface area contributed by atoms with Gasteiger partial charge in [0, 0.05) is 12.8 Å². The van der Waals surface area contributed by atoms with E-state index in [0.29, 0.717) is 0 Å². The van der Waals surface area contributed by atoms with E-state index in [4.69, 9.17) is 4.74 Å². The van der Waals surface area contributed by atoms with Gasteiger partial charge in [0.05, 0.1) is 18.9 Å². The van der Waals surface area contributed by atoms with E-state index in [2.05, 4.69) is 10.6 Å². The highest BCUT2D eigenvalue weighted by Crippen LogP contribution is 2.52. The van der Waals surface area contributed by atoms with Gasteiger partial charge in [0.15, 0.2) is 0 Å². The van der Waals surface area contributed by atoms with Gasteiger partial charge in [0.1, 0.15) is 18.6 Å². The maximum absolute atomic E-state index is 13.4. The van der Waals surface area contributed by atoms with Gasteiger partial charge in [-0.15, -0.1) is 0 Å². The molecule has 9 nitrogen and oxygen atoms in total. The minimum atomic E-state index is -1.05. The van der Waals surface area contributed by atoms with Gasteiger partial charge >= 0.3 is 5.97 Å². The number of fused-ring (bicyclic) bond motifs is 5. The van der Waals surface area contributed by atoms with Gasteiger partial charge in [-0.05, 0) is 29.4 Å². The number of carbonyl (C=O) groups is 5. The highest BCUT2D eigenvalue weighted by atomic mass is 16.5. The first-order valence-corrected chi connectivity index (χ1v) is 13.1. The summed E-state index contributed by atoms with van der Waals surface area (Å²) in [5, 5.41) is 5.42. The summed E-state index contributed by atoms with van der Waals surface area (Å²) < 4.78 is 4.91. The fraction of sp³-hybridized carbons (Fsp3) is 0.367. The molecule has 3 aliphatic rings. The fourth-order valence-corrected chi connectivity index (χ4v) is 6.02. The monoisotopic (exact) mass is 529 g/mol. The van der Waals surface area contributed by atoms with Crippen molar-refractivity contribution in [1.82, 2.24) is 15.5 Å². The molecule has 0 radical (unpaired) electrons. The normalized spacial score (nSPS) is 24.3. The molecule has 39 heavy (non-hydrogen) atoms. The third-order valence-corrected chi connectivity index (χ3v) is 7.88. The zero-order valence-electron chi connectivity index (χ0n) is 21.6. The van der Waals surface area contributed by atoms with Crippen LogP contribution in [0.5, 0.6) is 0 Å². The van der Waals surface area contributed by atoms with Crippen molar-refractivity contribution in [2.24, 2.45) is 23.7 Å². The molecule has 2 aliphatic carbocycles. The van der Waals surface area contributed by atoms with Crippen LogP contribution in [0.2, 0.25) is 0 Å². The quantitative estimate of drug-likeness (QED) is 0.273. The van der Waals surface area contributed by atoms with Crippen LogP contribution in [0.25, 0.3) is 0 Å². The van der Waals surface area contributed by atoms with Crippen molar-refractivity contribution in [2.75, 3.05) is 13.7 Å². The molecule has 4 amide bonds. The molecule has 2 bridgehead atoms. The number of methoxy groups -OCH3 is 1. The van der Waals surface area contributed by atoms with Gasteiger partial charge in [-0.25, -0.2) is 4.79 Å². The zero-order chi connectivity index (χ0) is 27.5. The van der Waals surface area contributed by atoms with E-state index in [1.807, 2.05) is 72.8 Å². The number of hydrogen-bond acceptors (Lipinski definition) is 6. The predicted octanol–water partition coefficient (Wildman–Crippen LogP) is 1.42. The maximum atomic E-state index is 13.4.